The Morgan fingerprint density at radius 3 is 2.70 bits per heavy atom. The van der Waals surface area contributed by atoms with Crippen molar-refractivity contribution in [3.8, 4) is 0 Å². The Kier molecular flexibility index (Phi) is 4.62. The molecule has 2 aromatic rings. The van der Waals surface area contributed by atoms with E-state index < -0.39 is 20.9 Å². The van der Waals surface area contributed by atoms with E-state index in [-0.39, 0.29) is 37.3 Å². The van der Waals surface area contributed by atoms with Crippen LogP contribution in [0.4, 0.5) is 0 Å². The highest BCUT2D eigenvalue weighted by Crippen LogP contribution is 2.47. The topological polar surface area (TPSA) is 92.7 Å². The first-order valence-electron chi connectivity index (χ1n) is 9.76. The molecule has 1 aromatic carbocycles. The molecule has 30 heavy (non-hydrogen) atoms. The summed E-state index contributed by atoms with van der Waals surface area (Å²) in [5, 5.41) is -0.0468. The number of aromatic nitrogens is 2. The van der Waals surface area contributed by atoms with Crippen LogP contribution in [-0.2, 0) is 21.3 Å². The van der Waals surface area contributed by atoms with E-state index in [1.54, 1.807) is 30.2 Å². The average Bonchev–Trinajstić information content (AvgIpc) is 3.08. The minimum atomic E-state index is -3.55. The lowest BCUT2D eigenvalue weighted by Gasteiger charge is -2.39. The summed E-state index contributed by atoms with van der Waals surface area (Å²) in [5.41, 5.74) is 0.928. The number of likely N-dealkylation sites (tertiary alicyclic amines) is 1. The molecular weight excluding hydrogens is 428 g/mol. The van der Waals surface area contributed by atoms with E-state index >= 15 is 0 Å². The molecule has 158 valence electrons. The van der Waals surface area contributed by atoms with Gasteiger partial charge in [-0.3, -0.25) is 9.78 Å². The summed E-state index contributed by atoms with van der Waals surface area (Å²) in [5.74, 6) is -0.246. The van der Waals surface area contributed by atoms with Crippen molar-refractivity contribution in [1.82, 2.24) is 19.2 Å². The molecule has 0 saturated carbocycles. The third-order valence-corrected chi connectivity index (χ3v) is 8.64. The quantitative estimate of drug-likeness (QED) is 0.708. The van der Waals surface area contributed by atoms with Crippen LogP contribution in [0.15, 0.2) is 36.7 Å². The molecule has 3 saturated heterocycles. The van der Waals surface area contributed by atoms with Crippen LogP contribution in [0, 0.1) is 6.92 Å². The van der Waals surface area contributed by atoms with Gasteiger partial charge in [0.1, 0.15) is 16.5 Å². The Morgan fingerprint density at radius 2 is 2.00 bits per heavy atom. The second-order valence-electron chi connectivity index (χ2n) is 8.20. The third kappa shape index (κ3) is 3.20. The minimum absolute atomic E-state index is 0.221. The summed E-state index contributed by atoms with van der Waals surface area (Å²) < 4.78 is 34.2. The summed E-state index contributed by atoms with van der Waals surface area (Å²) >= 11 is 5.94. The zero-order valence-electron chi connectivity index (χ0n) is 16.4. The maximum atomic E-state index is 13.3. The summed E-state index contributed by atoms with van der Waals surface area (Å²) in [6, 6.07) is 7.13. The largest absolute Gasteiger partial charge is 0.365 e. The number of fused-ring (bicyclic) bond motifs is 1. The highest BCUT2D eigenvalue weighted by molar-refractivity contribution is 7.90. The van der Waals surface area contributed by atoms with Gasteiger partial charge in [-0.15, -0.1) is 0 Å². The minimum Gasteiger partial charge on any atom is -0.365 e. The Hall–Kier alpha value is -2.07. The molecule has 3 aliphatic rings. The Balaban J connectivity index is 1.39. The number of rotatable bonds is 3. The van der Waals surface area contributed by atoms with E-state index in [1.165, 1.54) is 10.5 Å². The van der Waals surface area contributed by atoms with Crippen LogP contribution in [0.1, 0.15) is 28.2 Å². The fourth-order valence-corrected chi connectivity index (χ4v) is 7.12. The molecule has 3 aliphatic heterocycles. The average molecular weight is 449 g/mol. The van der Waals surface area contributed by atoms with Gasteiger partial charge in [-0.25, -0.2) is 13.4 Å². The molecule has 10 heteroatoms. The van der Waals surface area contributed by atoms with Crippen LogP contribution in [0.25, 0.3) is 0 Å². The first kappa shape index (κ1) is 19.9. The first-order chi connectivity index (χ1) is 14.3. The lowest BCUT2D eigenvalue weighted by Crippen LogP contribution is -2.56. The molecule has 3 atom stereocenters. The number of ether oxygens (including phenoxy) is 1. The predicted octanol–water partition coefficient (Wildman–Crippen LogP) is 1.64. The van der Waals surface area contributed by atoms with Crippen LogP contribution in [0.3, 0.4) is 0 Å². The zero-order valence-corrected chi connectivity index (χ0v) is 17.9. The van der Waals surface area contributed by atoms with Crippen molar-refractivity contribution in [3.05, 3.63) is 58.6 Å². The molecule has 1 amide bonds. The van der Waals surface area contributed by atoms with Crippen molar-refractivity contribution in [3.63, 3.8) is 0 Å². The van der Waals surface area contributed by atoms with Gasteiger partial charge in [0, 0.05) is 30.9 Å². The standard InChI is InChI=1S/C20H21ClN4O4S/c1-13-7-23-17(8-22-13)19(26)24-10-16-6-18-20(11-24,29-16)12-25(30(18,27)28)9-14-2-4-15(21)5-3-14/h2-5,7-8,16,18H,6,9-12H2,1H3/t16-,18+,20+/m0/s1. The number of hydrogen-bond donors (Lipinski definition) is 0. The molecule has 0 N–H and O–H groups in total. The number of halogens is 1. The molecule has 0 radical (unpaired) electrons. The Labute approximate surface area is 179 Å². The summed E-state index contributed by atoms with van der Waals surface area (Å²) in [6.45, 7) is 2.86. The van der Waals surface area contributed by atoms with Crippen LogP contribution < -0.4 is 0 Å². The molecule has 4 heterocycles. The number of nitrogens with zero attached hydrogens (tertiary/aromatic N) is 4. The number of morpholine rings is 1. The maximum Gasteiger partial charge on any atom is 0.274 e. The number of aryl methyl sites for hydroxylation is 1. The van der Waals surface area contributed by atoms with Crippen LogP contribution >= 0.6 is 11.6 Å². The smallest absolute Gasteiger partial charge is 0.274 e. The van der Waals surface area contributed by atoms with Crippen molar-refractivity contribution in [1.29, 1.82) is 0 Å². The SMILES string of the molecule is Cc1cnc(C(=O)N2C[C@@H]3C[C@@H]4[C@@](C2)(CN(Cc2ccc(Cl)cc2)S4(=O)=O)O3)cn1. The van der Waals surface area contributed by atoms with Gasteiger partial charge >= 0.3 is 0 Å². The molecule has 5 rings (SSSR count). The van der Waals surface area contributed by atoms with Crippen LogP contribution in [0.2, 0.25) is 5.02 Å². The molecule has 8 nitrogen and oxygen atoms in total. The lowest BCUT2D eigenvalue weighted by atomic mass is 9.99. The molecule has 0 unspecified atom stereocenters. The Bertz CT molecular complexity index is 1090. The molecule has 3 fully saturated rings. The first-order valence-corrected chi connectivity index (χ1v) is 11.6. The van der Waals surface area contributed by atoms with Crippen molar-refractivity contribution >= 4 is 27.5 Å². The predicted molar refractivity (Wildman–Crippen MR) is 109 cm³/mol. The highest BCUT2D eigenvalue weighted by Gasteiger charge is 2.65. The number of carbonyl (C=O) groups excluding carboxylic acids is 1. The summed E-state index contributed by atoms with van der Waals surface area (Å²) in [7, 11) is -3.55. The van der Waals surface area contributed by atoms with Gasteiger partial charge in [0.2, 0.25) is 10.0 Å². The van der Waals surface area contributed by atoms with Crippen molar-refractivity contribution in [2.75, 3.05) is 19.6 Å². The second-order valence-corrected chi connectivity index (χ2v) is 10.7. The molecule has 1 aromatic heterocycles. The van der Waals surface area contributed by atoms with Gasteiger partial charge in [0.05, 0.1) is 24.5 Å². The third-order valence-electron chi connectivity index (χ3n) is 6.07. The van der Waals surface area contributed by atoms with Crippen molar-refractivity contribution in [2.45, 2.75) is 36.8 Å². The molecular formula is C20H21ClN4O4S. The fourth-order valence-electron chi connectivity index (χ4n) is 4.70. The lowest BCUT2D eigenvalue weighted by molar-refractivity contribution is -0.0981. The van der Waals surface area contributed by atoms with Crippen LogP contribution in [0.5, 0.6) is 0 Å². The van der Waals surface area contributed by atoms with E-state index in [1.807, 2.05) is 12.1 Å². The summed E-state index contributed by atoms with van der Waals surface area (Å²) in [4.78, 5) is 23.0. The van der Waals surface area contributed by atoms with E-state index in [9.17, 15) is 13.2 Å². The van der Waals surface area contributed by atoms with Gasteiger partial charge in [-0.05, 0) is 31.0 Å². The van der Waals surface area contributed by atoms with Crippen LogP contribution in [-0.4, -0.2) is 70.1 Å². The van der Waals surface area contributed by atoms with E-state index in [0.29, 0.717) is 18.0 Å². The summed E-state index contributed by atoms with van der Waals surface area (Å²) in [6.07, 6.45) is 3.11. The van der Waals surface area contributed by atoms with Crippen molar-refractivity contribution < 1.29 is 17.9 Å². The molecule has 2 bridgehead atoms. The molecule has 0 aliphatic carbocycles. The zero-order chi connectivity index (χ0) is 21.1. The van der Waals surface area contributed by atoms with Gasteiger partial charge < -0.3 is 9.64 Å². The van der Waals surface area contributed by atoms with E-state index in [2.05, 4.69) is 9.97 Å². The van der Waals surface area contributed by atoms with Gasteiger partial charge in [0.15, 0.2) is 0 Å². The maximum absolute atomic E-state index is 13.3. The van der Waals surface area contributed by atoms with E-state index in [0.717, 1.165) is 11.3 Å². The second kappa shape index (κ2) is 6.98. The number of hydrogen-bond acceptors (Lipinski definition) is 6. The van der Waals surface area contributed by atoms with Gasteiger partial charge in [-0.2, -0.15) is 4.31 Å². The number of benzene rings is 1. The van der Waals surface area contributed by atoms with Gasteiger partial charge in [-0.1, -0.05) is 23.7 Å². The number of carbonyl (C=O) groups is 1. The normalized spacial score (nSPS) is 29.7. The van der Waals surface area contributed by atoms with E-state index in [4.69, 9.17) is 16.3 Å². The van der Waals surface area contributed by atoms with Gasteiger partial charge in [0.25, 0.3) is 5.91 Å². The van der Waals surface area contributed by atoms with Crippen molar-refractivity contribution in [2.24, 2.45) is 0 Å². The Morgan fingerprint density at radius 1 is 1.23 bits per heavy atom. The molecule has 1 spiro atoms. The fraction of sp³-hybridized carbons (Fsp3) is 0.450. The highest BCUT2D eigenvalue weighted by atomic mass is 35.5. The monoisotopic (exact) mass is 448 g/mol. The number of sulfonamides is 1. The number of amides is 1.